The third kappa shape index (κ3) is 4.18. The SMILES string of the molecule is CC(C)NCCNc1ncc([N+](=O)[O-])cn1. The number of nitro groups is 1. The van der Waals surface area contributed by atoms with Gasteiger partial charge in [0.05, 0.1) is 4.92 Å². The maximum absolute atomic E-state index is 10.3. The van der Waals surface area contributed by atoms with Crippen LogP contribution in [0.25, 0.3) is 0 Å². The second-order valence-corrected chi connectivity index (χ2v) is 3.56. The molecule has 0 aromatic carbocycles. The van der Waals surface area contributed by atoms with Gasteiger partial charge >= 0.3 is 5.69 Å². The monoisotopic (exact) mass is 225 g/mol. The van der Waals surface area contributed by atoms with Gasteiger partial charge in [-0.25, -0.2) is 9.97 Å². The first-order valence-electron chi connectivity index (χ1n) is 5.03. The normalized spacial score (nSPS) is 10.4. The summed E-state index contributed by atoms with van der Waals surface area (Å²) in [6, 6.07) is 0.430. The summed E-state index contributed by atoms with van der Waals surface area (Å²) in [7, 11) is 0. The van der Waals surface area contributed by atoms with Crippen molar-refractivity contribution in [2.24, 2.45) is 0 Å². The van der Waals surface area contributed by atoms with E-state index < -0.39 is 4.92 Å². The number of aromatic nitrogens is 2. The lowest BCUT2D eigenvalue weighted by Gasteiger charge is -2.08. The molecule has 1 aromatic heterocycles. The summed E-state index contributed by atoms with van der Waals surface area (Å²) >= 11 is 0. The molecule has 0 fully saturated rings. The molecule has 88 valence electrons. The van der Waals surface area contributed by atoms with E-state index in [0.29, 0.717) is 18.5 Å². The van der Waals surface area contributed by atoms with Crippen molar-refractivity contribution in [3.05, 3.63) is 22.5 Å². The Hall–Kier alpha value is -1.76. The van der Waals surface area contributed by atoms with Gasteiger partial charge in [0.15, 0.2) is 0 Å². The van der Waals surface area contributed by atoms with Gasteiger partial charge in [0, 0.05) is 19.1 Å². The molecule has 7 nitrogen and oxygen atoms in total. The van der Waals surface area contributed by atoms with Gasteiger partial charge in [0.1, 0.15) is 12.4 Å². The standard InChI is InChI=1S/C9H15N5O2/c1-7(2)10-3-4-11-9-12-5-8(6-13-9)14(15)16/h5-7,10H,3-4H2,1-2H3,(H,11,12,13). The zero-order valence-electron chi connectivity index (χ0n) is 9.30. The minimum Gasteiger partial charge on any atom is -0.353 e. The van der Waals surface area contributed by atoms with Crippen molar-refractivity contribution in [3.8, 4) is 0 Å². The Balaban J connectivity index is 2.35. The molecular weight excluding hydrogens is 210 g/mol. The molecule has 2 N–H and O–H groups in total. The molecule has 1 rings (SSSR count). The average Bonchev–Trinajstić information content (AvgIpc) is 2.25. The molecule has 0 aliphatic rings. The lowest BCUT2D eigenvalue weighted by molar-refractivity contribution is -0.385. The molecule has 1 aromatic rings. The largest absolute Gasteiger partial charge is 0.353 e. The van der Waals surface area contributed by atoms with E-state index in [1.54, 1.807) is 0 Å². The highest BCUT2D eigenvalue weighted by Gasteiger charge is 2.05. The van der Waals surface area contributed by atoms with Gasteiger partial charge in [0.25, 0.3) is 0 Å². The summed E-state index contributed by atoms with van der Waals surface area (Å²) in [6.45, 7) is 5.58. The van der Waals surface area contributed by atoms with E-state index >= 15 is 0 Å². The van der Waals surface area contributed by atoms with Gasteiger partial charge in [0.2, 0.25) is 5.95 Å². The zero-order chi connectivity index (χ0) is 12.0. The fourth-order valence-electron chi connectivity index (χ4n) is 1.04. The van der Waals surface area contributed by atoms with Crippen molar-refractivity contribution in [2.45, 2.75) is 19.9 Å². The topological polar surface area (TPSA) is 93.0 Å². The van der Waals surface area contributed by atoms with Crippen molar-refractivity contribution in [1.82, 2.24) is 15.3 Å². The van der Waals surface area contributed by atoms with Crippen molar-refractivity contribution >= 4 is 11.6 Å². The highest BCUT2D eigenvalue weighted by Crippen LogP contribution is 2.07. The fourth-order valence-corrected chi connectivity index (χ4v) is 1.04. The smallest absolute Gasteiger partial charge is 0.305 e. The van der Waals surface area contributed by atoms with E-state index in [4.69, 9.17) is 0 Å². The molecule has 0 amide bonds. The Kier molecular flexibility index (Phi) is 4.59. The Morgan fingerprint density at radius 2 is 2.00 bits per heavy atom. The van der Waals surface area contributed by atoms with Gasteiger partial charge in [-0.15, -0.1) is 0 Å². The number of hydrogen-bond acceptors (Lipinski definition) is 6. The molecule has 0 atom stereocenters. The Morgan fingerprint density at radius 3 is 2.50 bits per heavy atom. The van der Waals surface area contributed by atoms with Crippen LogP contribution in [0.3, 0.4) is 0 Å². The van der Waals surface area contributed by atoms with Crippen LogP contribution in [-0.2, 0) is 0 Å². The van der Waals surface area contributed by atoms with Crippen molar-refractivity contribution in [3.63, 3.8) is 0 Å². The molecule has 0 aliphatic carbocycles. The summed E-state index contributed by atoms with van der Waals surface area (Å²) < 4.78 is 0. The molecule has 0 spiro atoms. The van der Waals surface area contributed by atoms with Crippen LogP contribution in [0.15, 0.2) is 12.4 Å². The fraction of sp³-hybridized carbons (Fsp3) is 0.556. The first kappa shape index (κ1) is 12.3. The summed E-state index contributed by atoms with van der Waals surface area (Å²) in [4.78, 5) is 17.5. The molecule has 1 heterocycles. The van der Waals surface area contributed by atoms with E-state index in [-0.39, 0.29) is 5.69 Å². The first-order chi connectivity index (χ1) is 7.59. The van der Waals surface area contributed by atoms with E-state index in [2.05, 4.69) is 34.4 Å². The van der Waals surface area contributed by atoms with Crippen LogP contribution in [0.2, 0.25) is 0 Å². The third-order valence-corrected chi connectivity index (χ3v) is 1.81. The highest BCUT2D eigenvalue weighted by atomic mass is 16.6. The van der Waals surface area contributed by atoms with Crippen LogP contribution < -0.4 is 10.6 Å². The van der Waals surface area contributed by atoms with Crippen LogP contribution >= 0.6 is 0 Å². The summed E-state index contributed by atoms with van der Waals surface area (Å²) in [5, 5.41) is 16.5. The van der Waals surface area contributed by atoms with Gasteiger partial charge in [-0.2, -0.15) is 0 Å². The van der Waals surface area contributed by atoms with Gasteiger partial charge in [-0.1, -0.05) is 13.8 Å². The quantitative estimate of drug-likeness (QED) is 0.422. The Bertz CT molecular complexity index is 338. The van der Waals surface area contributed by atoms with Gasteiger partial charge in [-0.3, -0.25) is 10.1 Å². The molecule has 0 saturated carbocycles. The Labute approximate surface area is 93.4 Å². The van der Waals surface area contributed by atoms with Crippen LogP contribution in [0, 0.1) is 10.1 Å². The van der Waals surface area contributed by atoms with E-state index in [1.807, 2.05) is 0 Å². The molecule has 0 bridgehead atoms. The maximum atomic E-state index is 10.3. The van der Waals surface area contributed by atoms with E-state index in [9.17, 15) is 10.1 Å². The molecule has 0 saturated heterocycles. The average molecular weight is 225 g/mol. The van der Waals surface area contributed by atoms with Crippen molar-refractivity contribution in [2.75, 3.05) is 18.4 Å². The maximum Gasteiger partial charge on any atom is 0.305 e. The van der Waals surface area contributed by atoms with Crippen LogP contribution in [0.5, 0.6) is 0 Å². The summed E-state index contributed by atoms with van der Waals surface area (Å²) in [5.74, 6) is 0.399. The molecular formula is C9H15N5O2. The van der Waals surface area contributed by atoms with Crippen LogP contribution in [0.1, 0.15) is 13.8 Å². The van der Waals surface area contributed by atoms with Crippen LogP contribution in [0.4, 0.5) is 11.6 Å². The minimum atomic E-state index is -0.524. The first-order valence-corrected chi connectivity index (χ1v) is 5.03. The van der Waals surface area contributed by atoms with Crippen molar-refractivity contribution < 1.29 is 4.92 Å². The Morgan fingerprint density at radius 1 is 1.38 bits per heavy atom. The van der Waals surface area contributed by atoms with Crippen molar-refractivity contribution in [1.29, 1.82) is 0 Å². The molecule has 0 unspecified atom stereocenters. The second-order valence-electron chi connectivity index (χ2n) is 3.56. The number of hydrogen-bond donors (Lipinski definition) is 2. The number of nitrogens with zero attached hydrogens (tertiary/aromatic N) is 3. The number of anilines is 1. The van der Waals surface area contributed by atoms with Crippen LogP contribution in [-0.4, -0.2) is 34.0 Å². The third-order valence-electron chi connectivity index (χ3n) is 1.81. The number of nitrogens with one attached hydrogen (secondary N) is 2. The molecule has 0 radical (unpaired) electrons. The number of rotatable bonds is 6. The predicted octanol–water partition coefficient (Wildman–Crippen LogP) is 0.795. The summed E-state index contributed by atoms with van der Waals surface area (Å²) in [5.41, 5.74) is -0.106. The van der Waals surface area contributed by atoms with Gasteiger partial charge < -0.3 is 10.6 Å². The van der Waals surface area contributed by atoms with E-state index in [1.165, 1.54) is 12.4 Å². The second kappa shape index (κ2) is 5.96. The predicted molar refractivity (Wildman–Crippen MR) is 60.3 cm³/mol. The zero-order valence-corrected chi connectivity index (χ0v) is 9.30. The van der Waals surface area contributed by atoms with E-state index in [0.717, 1.165) is 6.54 Å². The lowest BCUT2D eigenvalue weighted by Crippen LogP contribution is -2.28. The summed E-state index contributed by atoms with van der Waals surface area (Å²) in [6.07, 6.45) is 2.37. The lowest BCUT2D eigenvalue weighted by atomic mass is 10.4. The highest BCUT2D eigenvalue weighted by molar-refractivity contribution is 5.30. The minimum absolute atomic E-state index is 0.106. The molecule has 7 heteroatoms. The van der Waals surface area contributed by atoms with Gasteiger partial charge in [-0.05, 0) is 0 Å². The molecule has 16 heavy (non-hydrogen) atoms. The molecule has 0 aliphatic heterocycles.